The van der Waals surface area contributed by atoms with E-state index in [1.54, 1.807) is 4.90 Å². The summed E-state index contributed by atoms with van der Waals surface area (Å²) in [4.78, 5) is 18.4. The molecular formula is C13H28N4O. The van der Waals surface area contributed by atoms with Crippen LogP contribution in [0, 0.1) is 0 Å². The molecule has 5 nitrogen and oxygen atoms in total. The predicted molar refractivity (Wildman–Crippen MR) is 74.7 cm³/mol. The van der Waals surface area contributed by atoms with Gasteiger partial charge in [-0.3, -0.25) is 9.69 Å². The van der Waals surface area contributed by atoms with Crippen molar-refractivity contribution in [1.82, 2.24) is 20.0 Å². The first-order valence-electron chi connectivity index (χ1n) is 6.93. The molecule has 1 rings (SSSR count). The van der Waals surface area contributed by atoms with Gasteiger partial charge in [-0.2, -0.15) is 0 Å². The molecule has 1 fully saturated rings. The zero-order chi connectivity index (χ0) is 13.5. The molecule has 1 amide bonds. The molecule has 0 aliphatic carbocycles. The van der Waals surface area contributed by atoms with Crippen LogP contribution in [0.25, 0.3) is 0 Å². The number of likely N-dealkylation sites (N-methyl/N-ethyl adjacent to an activating group) is 2. The lowest BCUT2D eigenvalue weighted by atomic mass is 10.3. The molecule has 1 saturated heterocycles. The number of carbonyl (C=O) groups is 1. The van der Waals surface area contributed by atoms with Crippen LogP contribution in [-0.2, 0) is 4.79 Å². The van der Waals surface area contributed by atoms with Gasteiger partial charge in [0.25, 0.3) is 0 Å². The largest absolute Gasteiger partial charge is 0.345 e. The summed E-state index contributed by atoms with van der Waals surface area (Å²) in [6.45, 7) is 11.2. The van der Waals surface area contributed by atoms with Crippen LogP contribution in [0.2, 0.25) is 0 Å². The fourth-order valence-corrected chi connectivity index (χ4v) is 2.08. The molecule has 0 spiro atoms. The molecule has 0 bridgehead atoms. The zero-order valence-corrected chi connectivity index (χ0v) is 12.3. The summed E-state index contributed by atoms with van der Waals surface area (Å²) >= 11 is 0. The lowest BCUT2D eigenvalue weighted by Gasteiger charge is -2.32. The lowest BCUT2D eigenvalue weighted by molar-refractivity contribution is -0.131. The summed E-state index contributed by atoms with van der Waals surface area (Å²) in [5.74, 6) is 0.177. The van der Waals surface area contributed by atoms with Crippen LogP contribution < -0.4 is 5.32 Å². The predicted octanol–water partition coefficient (Wildman–Crippen LogP) is -0.310. The first kappa shape index (κ1) is 15.4. The molecule has 0 radical (unpaired) electrons. The molecule has 1 N–H and O–H groups in total. The normalized spacial score (nSPS) is 19.8. The standard InChI is InChI=1S/C13H28N4O/c1-5-16(4)13(18)12(2)14-6-7-17-10-8-15(3)9-11-17/h12,14H,5-11H2,1-4H3. The van der Waals surface area contributed by atoms with E-state index in [4.69, 9.17) is 0 Å². The number of hydrogen-bond donors (Lipinski definition) is 1. The molecule has 0 aromatic carbocycles. The highest BCUT2D eigenvalue weighted by Crippen LogP contribution is 1.98. The molecule has 0 saturated carbocycles. The van der Waals surface area contributed by atoms with Crippen LogP contribution in [0.4, 0.5) is 0 Å². The van der Waals surface area contributed by atoms with Crippen molar-refractivity contribution in [3.63, 3.8) is 0 Å². The second kappa shape index (κ2) is 7.71. The SMILES string of the molecule is CCN(C)C(=O)C(C)NCCN1CCN(C)CC1. The van der Waals surface area contributed by atoms with E-state index in [1.165, 1.54) is 0 Å². The molecular weight excluding hydrogens is 228 g/mol. The first-order valence-corrected chi connectivity index (χ1v) is 6.93. The van der Waals surface area contributed by atoms with Crippen LogP contribution in [-0.4, -0.2) is 86.6 Å². The highest BCUT2D eigenvalue weighted by atomic mass is 16.2. The smallest absolute Gasteiger partial charge is 0.239 e. The Kier molecular flexibility index (Phi) is 6.60. The molecule has 18 heavy (non-hydrogen) atoms. The summed E-state index contributed by atoms with van der Waals surface area (Å²) in [5, 5.41) is 3.31. The third-order valence-corrected chi connectivity index (χ3v) is 3.70. The molecule has 5 heteroatoms. The van der Waals surface area contributed by atoms with Gasteiger partial charge in [-0.25, -0.2) is 0 Å². The van der Waals surface area contributed by atoms with Gasteiger partial charge < -0.3 is 15.1 Å². The van der Waals surface area contributed by atoms with Crippen molar-refractivity contribution in [2.24, 2.45) is 0 Å². The van der Waals surface area contributed by atoms with Gasteiger partial charge in [0.15, 0.2) is 0 Å². The second-order valence-corrected chi connectivity index (χ2v) is 5.17. The highest BCUT2D eigenvalue weighted by Gasteiger charge is 2.17. The van der Waals surface area contributed by atoms with Gasteiger partial charge >= 0.3 is 0 Å². The Labute approximate surface area is 111 Å². The molecule has 1 heterocycles. The van der Waals surface area contributed by atoms with E-state index >= 15 is 0 Å². The summed E-state index contributed by atoms with van der Waals surface area (Å²) < 4.78 is 0. The molecule has 1 atom stereocenters. The number of carbonyl (C=O) groups excluding carboxylic acids is 1. The average molecular weight is 256 g/mol. The van der Waals surface area contributed by atoms with E-state index in [9.17, 15) is 4.79 Å². The average Bonchev–Trinajstić information content (AvgIpc) is 2.39. The minimum Gasteiger partial charge on any atom is -0.345 e. The van der Waals surface area contributed by atoms with E-state index in [0.29, 0.717) is 0 Å². The molecule has 1 aliphatic heterocycles. The van der Waals surface area contributed by atoms with Crippen molar-refractivity contribution in [3.8, 4) is 0 Å². The lowest BCUT2D eigenvalue weighted by Crippen LogP contribution is -2.49. The first-order chi connectivity index (χ1) is 8.54. The quantitative estimate of drug-likeness (QED) is 0.708. The maximum atomic E-state index is 11.8. The van der Waals surface area contributed by atoms with E-state index in [0.717, 1.165) is 45.8 Å². The monoisotopic (exact) mass is 256 g/mol. The number of piperazine rings is 1. The molecule has 0 aromatic rings. The molecule has 106 valence electrons. The molecule has 1 aliphatic rings. The van der Waals surface area contributed by atoms with E-state index in [2.05, 4.69) is 22.2 Å². The van der Waals surface area contributed by atoms with Crippen LogP contribution in [0.3, 0.4) is 0 Å². The van der Waals surface area contributed by atoms with E-state index < -0.39 is 0 Å². The van der Waals surface area contributed by atoms with Crippen molar-refractivity contribution in [2.75, 3.05) is 59.9 Å². The minimum absolute atomic E-state index is 0.0811. The van der Waals surface area contributed by atoms with Gasteiger partial charge in [-0.1, -0.05) is 0 Å². The van der Waals surface area contributed by atoms with E-state index in [1.807, 2.05) is 20.9 Å². The Morgan fingerprint density at radius 3 is 2.50 bits per heavy atom. The van der Waals surface area contributed by atoms with Crippen molar-refractivity contribution in [3.05, 3.63) is 0 Å². The summed E-state index contributed by atoms with van der Waals surface area (Å²) in [5.41, 5.74) is 0. The van der Waals surface area contributed by atoms with Gasteiger partial charge in [0.1, 0.15) is 0 Å². The Morgan fingerprint density at radius 1 is 1.33 bits per heavy atom. The Morgan fingerprint density at radius 2 is 1.94 bits per heavy atom. The maximum absolute atomic E-state index is 11.8. The van der Waals surface area contributed by atoms with Gasteiger partial charge in [0, 0.05) is 52.9 Å². The van der Waals surface area contributed by atoms with Crippen molar-refractivity contribution >= 4 is 5.91 Å². The van der Waals surface area contributed by atoms with Gasteiger partial charge in [-0.05, 0) is 20.9 Å². The topological polar surface area (TPSA) is 38.8 Å². The van der Waals surface area contributed by atoms with Crippen molar-refractivity contribution in [2.45, 2.75) is 19.9 Å². The summed E-state index contributed by atoms with van der Waals surface area (Å²) in [6, 6.07) is -0.0811. The van der Waals surface area contributed by atoms with Crippen LogP contribution in [0.15, 0.2) is 0 Å². The third kappa shape index (κ3) is 4.92. The Balaban J connectivity index is 2.15. The van der Waals surface area contributed by atoms with Gasteiger partial charge in [0.2, 0.25) is 5.91 Å². The van der Waals surface area contributed by atoms with Crippen molar-refractivity contribution in [1.29, 1.82) is 0 Å². The highest BCUT2D eigenvalue weighted by molar-refractivity contribution is 5.81. The summed E-state index contributed by atoms with van der Waals surface area (Å²) in [7, 11) is 4.01. The number of rotatable bonds is 6. The van der Waals surface area contributed by atoms with Crippen LogP contribution in [0.1, 0.15) is 13.8 Å². The molecule has 1 unspecified atom stereocenters. The summed E-state index contributed by atoms with van der Waals surface area (Å²) in [6.07, 6.45) is 0. The minimum atomic E-state index is -0.0811. The fraction of sp³-hybridized carbons (Fsp3) is 0.923. The van der Waals surface area contributed by atoms with E-state index in [-0.39, 0.29) is 11.9 Å². The second-order valence-electron chi connectivity index (χ2n) is 5.17. The Hall–Kier alpha value is -0.650. The number of nitrogens with zero attached hydrogens (tertiary/aromatic N) is 3. The zero-order valence-electron chi connectivity index (χ0n) is 12.3. The van der Waals surface area contributed by atoms with Gasteiger partial charge in [0.05, 0.1) is 6.04 Å². The fourth-order valence-electron chi connectivity index (χ4n) is 2.08. The molecule has 0 aromatic heterocycles. The number of amides is 1. The number of hydrogen-bond acceptors (Lipinski definition) is 4. The van der Waals surface area contributed by atoms with Crippen LogP contribution >= 0.6 is 0 Å². The van der Waals surface area contributed by atoms with Crippen LogP contribution in [0.5, 0.6) is 0 Å². The Bertz CT molecular complexity index is 251. The van der Waals surface area contributed by atoms with Crippen molar-refractivity contribution < 1.29 is 4.79 Å². The third-order valence-electron chi connectivity index (χ3n) is 3.70. The maximum Gasteiger partial charge on any atom is 0.239 e. The number of nitrogens with one attached hydrogen (secondary N) is 1. The van der Waals surface area contributed by atoms with Gasteiger partial charge in [-0.15, -0.1) is 0 Å².